The van der Waals surface area contributed by atoms with Crippen LogP contribution in [0.4, 0.5) is 25.1 Å². The Morgan fingerprint density at radius 2 is 1.75 bits per heavy atom. The van der Waals surface area contributed by atoms with E-state index in [2.05, 4.69) is 15.6 Å². The number of rotatable bonds is 8. The van der Waals surface area contributed by atoms with Gasteiger partial charge in [0.05, 0.1) is 18.5 Å². The number of carbonyl (C=O) groups is 3. The molecule has 2 aliphatic rings. The van der Waals surface area contributed by atoms with Crippen LogP contribution in [0.3, 0.4) is 0 Å². The number of ether oxygens (including phenoxy) is 3. The molecule has 1 aliphatic heterocycles. The molecule has 2 amide bonds. The first-order chi connectivity index (χ1) is 19.1. The molecule has 0 unspecified atom stereocenters. The van der Waals surface area contributed by atoms with E-state index in [-0.39, 0.29) is 31.0 Å². The predicted octanol–water partition coefficient (Wildman–Crippen LogP) is 3.94. The number of carbonyl (C=O) groups excluding carboxylic acids is 3. The van der Waals surface area contributed by atoms with E-state index < -0.39 is 54.1 Å². The second-order valence-electron chi connectivity index (χ2n) is 10.2. The predicted molar refractivity (Wildman–Crippen MR) is 141 cm³/mol. The van der Waals surface area contributed by atoms with E-state index in [1.807, 2.05) is 6.07 Å². The van der Waals surface area contributed by atoms with E-state index in [0.717, 1.165) is 5.56 Å². The second-order valence-corrected chi connectivity index (χ2v) is 10.2. The lowest BCUT2D eigenvalue weighted by molar-refractivity contribution is -0.151. The second kappa shape index (κ2) is 12.6. The molecule has 10 nitrogen and oxygen atoms in total. The topological polar surface area (TPSA) is 142 Å². The number of pyridine rings is 1. The van der Waals surface area contributed by atoms with Crippen LogP contribution in [0.5, 0.6) is 0 Å². The van der Waals surface area contributed by atoms with Gasteiger partial charge in [0.1, 0.15) is 18.1 Å². The lowest BCUT2D eigenvalue weighted by Gasteiger charge is -2.34. The van der Waals surface area contributed by atoms with Gasteiger partial charge in [0.2, 0.25) is 11.8 Å². The fourth-order valence-electron chi connectivity index (χ4n) is 5.20. The van der Waals surface area contributed by atoms with Crippen molar-refractivity contribution >= 4 is 29.5 Å². The number of nitrogens with two attached hydrogens (primary N) is 1. The van der Waals surface area contributed by atoms with Crippen LogP contribution in [0, 0.1) is 5.92 Å². The van der Waals surface area contributed by atoms with E-state index in [9.17, 15) is 23.2 Å². The zero-order chi connectivity index (χ0) is 28.8. The van der Waals surface area contributed by atoms with Crippen LogP contribution in [0.2, 0.25) is 0 Å². The summed E-state index contributed by atoms with van der Waals surface area (Å²) in [6, 6.07) is 10.9. The Morgan fingerprint density at radius 3 is 2.40 bits per heavy atom. The van der Waals surface area contributed by atoms with E-state index in [4.69, 9.17) is 19.9 Å². The number of alkyl carbamates (subject to hydrolysis) is 1. The molecule has 2 heterocycles. The number of alkyl halides is 2. The summed E-state index contributed by atoms with van der Waals surface area (Å²) >= 11 is 0. The fraction of sp³-hybridized carbons (Fsp3) is 0.500. The Morgan fingerprint density at radius 1 is 1.07 bits per heavy atom. The van der Waals surface area contributed by atoms with Crippen molar-refractivity contribution in [3.05, 3.63) is 53.7 Å². The van der Waals surface area contributed by atoms with Crippen LogP contribution < -0.4 is 16.4 Å². The minimum Gasteiger partial charge on any atom is -0.468 e. The van der Waals surface area contributed by atoms with Gasteiger partial charge in [-0.3, -0.25) is 9.59 Å². The van der Waals surface area contributed by atoms with E-state index in [1.54, 1.807) is 30.3 Å². The number of hydrogen-bond acceptors (Lipinski definition) is 8. The Hall–Kier alpha value is -3.80. The monoisotopic (exact) mass is 560 g/mol. The van der Waals surface area contributed by atoms with Gasteiger partial charge >= 0.3 is 12.1 Å². The van der Waals surface area contributed by atoms with Crippen molar-refractivity contribution in [3.8, 4) is 0 Å². The Bertz CT molecular complexity index is 1200. The SMILES string of the molecule is COC(=O)C1(c2ccc(N)c(NC(=O)[C@@H](NC(=O)OCc3ccccc3)C3CCC(F)(F)CC3)n2)CCOCC1. The first-order valence-corrected chi connectivity index (χ1v) is 13.2. The third-order valence-corrected chi connectivity index (χ3v) is 7.58. The fourth-order valence-corrected chi connectivity index (χ4v) is 5.20. The molecule has 1 aliphatic carbocycles. The molecule has 4 N–H and O–H groups in total. The standard InChI is InChI=1S/C28H34F2N4O6/c1-38-25(36)27(13-15-39-16-14-27)21-8-7-20(31)23(32-21)34-24(35)22(19-9-11-28(29,30)12-10-19)33-26(37)40-17-18-5-3-2-4-6-18/h2-8,19,22H,9-17,31H2,1H3,(H,33,37)(H,32,34,35)/t22-/m0/s1. The lowest BCUT2D eigenvalue weighted by atomic mass is 9.77. The van der Waals surface area contributed by atoms with E-state index >= 15 is 0 Å². The van der Waals surface area contributed by atoms with Crippen LogP contribution in [0.15, 0.2) is 42.5 Å². The number of nitrogens with one attached hydrogen (secondary N) is 2. The van der Waals surface area contributed by atoms with Gasteiger partial charge in [-0.15, -0.1) is 0 Å². The van der Waals surface area contributed by atoms with Crippen molar-refractivity contribution in [2.45, 2.75) is 62.5 Å². The molecule has 1 aromatic heterocycles. The molecule has 1 aromatic carbocycles. The molecule has 4 rings (SSSR count). The average Bonchev–Trinajstić information content (AvgIpc) is 2.96. The van der Waals surface area contributed by atoms with Gasteiger partial charge in [-0.05, 0) is 49.3 Å². The van der Waals surface area contributed by atoms with Gasteiger partial charge in [0.25, 0.3) is 0 Å². The maximum atomic E-state index is 13.9. The zero-order valence-corrected chi connectivity index (χ0v) is 22.3. The van der Waals surface area contributed by atoms with Crippen molar-refractivity contribution < 1.29 is 37.4 Å². The van der Waals surface area contributed by atoms with Crippen molar-refractivity contribution in [3.63, 3.8) is 0 Å². The average molecular weight is 561 g/mol. The van der Waals surface area contributed by atoms with Crippen molar-refractivity contribution in [1.82, 2.24) is 10.3 Å². The van der Waals surface area contributed by atoms with Gasteiger partial charge in [0.15, 0.2) is 5.82 Å². The number of hydrogen-bond donors (Lipinski definition) is 3. The molecular formula is C28H34F2N4O6. The summed E-state index contributed by atoms with van der Waals surface area (Å²) in [5.41, 5.74) is 6.28. The highest BCUT2D eigenvalue weighted by molar-refractivity contribution is 5.98. The molecule has 2 fully saturated rings. The largest absolute Gasteiger partial charge is 0.468 e. The molecular weight excluding hydrogens is 526 g/mol. The van der Waals surface area contributed by atoms with Crippen LogP contribution >= 0.6 is 0 Å². The molecule has 216 valence electrons. The molecule has 1 saturated heterocycles. The molecule has 2 aromatic rings. The summed E-state index contributed by atoms with van der Waals surface area (Å²) in [6.07, 6.45) is -0.946. The highest BCUT2D eigenvalue weighted by Crippen LogP contribution is 2.39. The maximum absolute atomic E-state index is 13.9. The third-order valence-electron chi connectivity index (χ3n) is 7.58. The Labute approximate surface area is 230 Å². The number of halogens is 2. The number of amides is 2. The number of anilines is 2. The summed E-state index contributed by atoms with van der Waals surface area (Å²) < 4.78 is 43.5. The molecule has 0 radical (unpaired) electrons. The molecule has 12 heteroatoms. The van der Waals surface area contributed by atoms with Crippen molar-refractivity contribution in [1.29, 1.82) is 0 Å². The molecule has 1 atom stereocenters. The van der Waals surface area contributed by atoms with Gasteiger partial charge in [0, 0.05) is 26.1 Å². The van der Waals surface area contributed by atoms with Gasteiger partial charge in [-0.2, -0.15) is 0 Å². The molecule has 0 bridgehead atoms. The lowest BCUT2D eigenvalue weighted by Crippen LogP contribution is -2.50. The van der Waals surface area contributed by atoms with Crippen molar-refractivity contribution in [2.75, 3.05) is 31.4 Å². The minimum absolute atomic E-state index is 0.0112. The summed E-state index contributed by atoms with van der Waals surface area (Å²) in [4.78, 5) is 43.5. The first kappa shape index (κ1) is 29.2. The number of aromatic nitrogens is 1. The Balaban J connectivity index is 1.54. The highest BCUT2D eigenvalue weighted by Gasteiger charge is 2.45. The number of esters is 1. The van der Waals surface area contributed by atoms with E-state index in [0.29, 0.717) is 31.7 Å². The first-order valence-electron chi connectivity index (χ1n) is 13.2. The Kier molecular flexibility index (Phi) is 9.18. The van der Waals surface area contributed by atoms with Crippen LogP contribution in [-0.2, 0) is 35.8 Å². The number of benzene rings is 1. The highest BCUT2D eigenvalue weighted by atomic mass is 19.3. The summed E-state index contributed by atoms with van der Waals surface area (Å²) in [6.45, 7) is 0.623. The molecule has 0 spiro atoms. The molecule has 1 saturated carbocycles. The zero-order valence-electron chi connectivity index (χ0n) is 22.3. The van der Waals surface area contributed by atoms with Crippen LogP contribution in [-0.4, -0.2) is 55.2 Å². The number of nitrogens with zero attached hydrogens (tertiary/aromatic N) is 1. The number of nitrogen functional groups attached to an aromatic ring is 1. The van der Waals surface area contributed by atoms with Crippen LogP contribution in [0.1, 0.15) is 49.8 Å². The van der Waals surface area contributed by atoms with E-state index in [1.165, 1.54) is 13.2 Å². The normalized spacial score (nSPS) is 19.2. The third kappa shape index (κ3) is 6.85. The minimum atomic E-state index is -2.82. The maximum Gasteiger partial charge on any atom is 0.408 e. The van der Waals surface area contributed by atoms with Gasteiger partial charge in [-0.1, -0.05) is 30.3 Å². The van der Waals surface area contributed by atoms with Gasteiger partial charge in [-0.25, -0.2) is 18.6 Å². The summed E-state index contributed by atoms with van der Waals surface area (Å²) in [7, 11) is 1.29. The molecule has 40 heavy (non-hydrogen) atoms. The van der Waals surface area contributed by atoms with Crippen molar-refractivity contribution in [2.24, 2.45) is 5.92 Å². The van der Waals surface area contributed by atoms with Crippen LogP contribution in [0.25, 0.3) is 0 Å². The number of methoxy groups -OCH3 is 1. The quantitative estimate of drug-likeness (QED) is 0.412. The summed E-state index contributed by atoms with van der Waals surface area (Å²) in [5.74, 6) is -4.55. The smallest absolute Gasteiger partial charge is 0.408 e. The van der Waals surface area contributed by atoms with Gasteiger partial charge < -0.3 is 30.6 Å². The summed E-state index contributed by atoms with van der Waals surface area (Å²) in [5, 5.41) is 5.20.